The molecular formula is C16H29N3. The maximum absolute atomic E-state index is 4.22. The molecule has 2 aliphatic rings. The fourth-order valence-electron chi connectivity index (χ4n) is 2.35. The monoisotopic (exact) mass is 263 g/mol. The summed E-state index contributed by atoms with van der Waals surface area (Å²) in [5.41, 5.74) is 4.23. The zero-order valence-electron chi connectivity index (χ0n) is 12.9. The molecule has 1 fully saturated rings. The number of nitrogens with zero attached hydrogens (tertiary/aromatic N) is 2. The van der Waals surface area contributed by atoms with Crippen molar-refractivity contribution in [1.82, 2.24) is 5.43 Å². The van der Waals surface area contributed by atoms with E-state index in [4.69, 9.17) is 0 Å². The first-order valence-electron chi connectivity index (χ1n) is 7.27. The van der Waals surface area contributed by atoms with Crippen molar-refractivity contribution >= 4 is 12.9 Å². The Bertz CT molecular complexity index is 312. The third-order valence-electron chi connectivity index (χ3n) is 3.33. The normalized spacial score (nSPS) is 30.9. The fourth-order valence-corrected chi connectivity index (χ4v) is 2.35. The molecule has 2 rings (SSSR count). The lowest BCUT2D eigenvalue weighted by Gasteiger charge is -2.01. The number of hydrogen-bond acceptors (Lipinski definition) is 3. The third kappa shape index (κ3) is 6.37. The molecule has 0 aromatic rings. The molecule has 0 spiro atoms. The smallest absolute Gasteiger partial charge is 0.0283 e. The van der Waals surface area contributed by atoms with E-state index in [2.05, 4.69) is 55.0 Å². The highest BCUT2D eigenvalue weighted by Gasteiger charge is 2.47. The van der Waals surface area contributed by atoms with E-state index in [1.54, 1.807) is 0 Å². The quantitative estimate of drug-likeness (QED) is 0.753. The molecule has 0 aromatic carbocycles. The average molecular weight is 263 g/mol. The Labute approximate surface area is 118 Å². The lowest BCUT2D eigenvalue weighted by atomic mass is 10.1. The molecule has 1 N–H and O–H groups in total. The van der Waals surface area contributed by atoms with Gasteiger partial charge in [0, 0.05) is 24.0 Å². The Morgan fingerprint density at radius 3 is 2.68 bits per heavy atom. The van der Waals surface area contributed by atoms with Crippen molar-refractivity contribution in [3.05, 3.63) is 24.6 Å². The molecule has 3 atom stereocenters. The maximum Gasteiger partial charge on any atom is 0.0283 e. The Morgan fingerprint density at radius 1 is 1.53 bits per heavy atom. The lowest BCUT2D eigenvalue weighted by molar-refractivity contribution is 0.634. The topological polar surface area (TPSA) is 36.8 Å². The van der Waals surface area contributed by atoms with Gasteiger partial charge in [-0.15, -0.1) is 0 Å². The number of aliphatic imine (C=N–C) groups is 1. The highest BCUT2D eigenvalue weighted by Crippen LogP contribution is 2.50. The van der Waals surface area contributed by atoms with E-state index in [1.165, 1.54) is 31.2 Å². The summed E-state index contributed by atoms with van der Waals surface area (Å²) < 4.78 is 0. The molecule has 19 heavy (non-hydrogen) atoms. The van der Waals surface area contributed by atoms with E-state index in [-0.39, 0.29) is 0 Å². The van der Waals surface area contributed by atoms with Crippen molar-refractivity contribution in [2.24, 2.45) is 27.8 Å². The van der Waals surface area contributed by atoms with Gasteiger partial charge in [0.2, 0.25) is 0 Å². The van der Waals surface area contributed by atoms with Gasteiger partial charge in [-0.05, 0) is 38.3 Å². The second-order valence-electron chi connectivity index (χ2n) is 4.57. The number of nitrogens with one attached hydrogen (secondary N) is 1. The maximum atomic E-state index is 4.22. The number of rotatable bonds is 3. The molecule has 3 unspecified atom stereocenters. The van der Waals surface area contributed by atoms with Crippen LogP contribution in [0.3, 0.4) is 0 Å². The summed E-state index contributed by atoms with van der Waals surface area (Å²) >= 11 is 0. The number of fused-ring (bicyclic) bond motifs is 1. The molecule has 3 heteroatoms. The Morgan fingerprint density at radius 2 is 2.16 bits per heavy atom. The molecule has 108 valence electrons. The average Bonchev–Trinajstić information content (AvgIpc) is 3.08. The van der Waals surface area contributed by atoms with E-state index >= 15 is 0 Å². The predicted molar refractivity (Wildman–Crippen MR) is 86.5 cm³/mol. The SMILES string of the molecule is C=CN=C.CC.CCCC1C2/C=N/N/C(C)=C/CC21. The van der Waals surface area contributed by atoms with Crippen molar-refractivity contribution < 1.29 is 0 Å². The zero-order chi connectivity index (χ0) is 14.7. The first kappa shape index (κ1) is 17.6. The van der Waals surface area contributed by atoms with Gasteiger partial charge in [0.25, 0.3) is 0 Å². The fraction of sp³-hybridized carbons (Fsp3) is 0.625. The summed E-state index contributed by atoms with van der Waals surface area (Å²) in [4.78, 5) is 3.25. The summed E-state index contributed by atoms with van der Waals surface area (Å²) in [5, 5.41) is 4.22. The molecule has 0 radical (unpaired) electrons. The van der Waals surface area contributed by atoms with Crippen LogP contribution in [-0.4, -0.2) is 12.9 Å². The van der Waals surface area contributed by atoms with Gasteiger partial charge >= 0.3 is 0 Å². The second-order valence-corrected chi connectivity index (χ2v) is 4.57. The minimum absolute atomic E-state index is 0.761. The summed E-state index contributed by atoms with van der Waals surface area (Å²) in [6.07, 6.45) is 9.70. The molecule has 1 aliphatic carbocycles. The molecule has 0 bridgehead atoms. The van der Waals surface area contributed by atoms with Crippen molar-refractivity contribution in [1.29, 1.82) is 0 Å². The first-order valence-corrected chi connectivity index (χ1v) is 7.27. The minimum Gasteiger partial charge on any atom is -0.284 e. The molecule has 1 aliphatic heterocycles. The van der Waals surface area contributed by atoms with Crippen molar-refractivity contribution in [2.75, 3.05) is 0 Å². The van der Waals surface area contributed by atoms with Crippen LogP contribution in [-0.2, 0) is 0 Å². The van der Waals surface area contributed by atoms with E-state index in [0.717, 1.165) is 17.8 Å². The Hall–Kier alpha value is -1.38. The van der Waals surface area contributed by atoms with Gasteiger partial charge in [0.05, 0.1) is 0 Å². The van der Waals surface area contributed by atoms with Gasteiger partial charge in [0.15, 0.2) is 0 Å². The van der Waals surface area contributed by atoms with Gasteiger partial charge in [-0.2, -0.15) is 5.10 Å². The number of hydrazone groups is 1. The summed E-state index contributed by atoms with van der Waals surface area (Å²) in [7, 11) is 0. The molecule has 3 nitrogen and oxygen atoms in total. The molecule has 0 amide bonds. The number of hydrogen-bond donors (Lipinski definition) is 1. The highest BCUT2D eigenvalue weighted by molar-refractivity contribution is 5.66. The standard InChI is InChI=1S/C11H18N2.C3H5N.C2H6/c1-3-4-9-10-6-5-8(2)13-12-7-11(9)10;1-3-4-2;1-2/h5,7,9-11,13H,3-4,6H2,1-2H3;3H,1-2H2;1-2H3/b8-5+,12-7+;;. The number of allylic oxidation sites excluding steroid dienone is 2. The molecular weight excluding hydrogens is 234 g/mol. The zero-order valence-corrected chi connectivity index (χ0v) is 12.9. The van der Waals surface area contributed by atoms with Gasteiger partial charge in [0.1, 0.15) is 0 Å². The largest absolute Gasteiger partial charge is 0.284 e. The summed E-state index contributed by atoms with van der Waals surface area (Å²) in [6.45, 7) is 14.7. The van der Waals surface area contributed by atoms with E-state index in [0.29, 0.717) is 0 Å². The van der Waals surface area contributed by atoms with Crippen molar-refractivity contribution in [3.8, 4) is 0 Å². The molecule has 0 saturated heterocycles. The molecule has 1 saturated carbocycles. The van der Waals surface area contributed by atoms with Crippen LogP contribution in [0.5, 0.6) is 0 Å². The highest BCUT2D eigenvalue weighted by atomic mass is 15.3. The van der Waals surface area contributed by atoms with Crippen LogP contribution in [0.15, 0.2) is 34.6 Å². The van der Waals surface area contributed by atoms with Crippen molar-refractivity contribution in [3.63, 3.8) is 0 Å². The summed E-state index contributed by atoms with van der Waals surface area (Å²) in [6, 6.07) is 0. The van der Waals surface area contributed by atoms with E-state index in [9.17, 15) is 0 Å². The Kier molecular flexibility index (Phi) is 9.77. The van der Waals surface area contributed by atoms with Crippen LogP contribution in [0, 0.1) is 17.8 Å². The van der Waals surface area contributed by atoms with Crippen LogP contribution >= 0.6 is 0 Å². The van der Waals surface area contributed by atoms with E-state index in [1.807, 2.05) is 13.8 Å². The first-order chi connectivity index (χ1) is 9.24. The van der Waals surface area contributed by atoms with Crippen LogP contribution in [0.4, 0.5) is 0 Å². The van der Waals surface area contributed by atoms with Gasteiger partial charge in [-0.1, -0.05) is 39.8 Å². The van der Waals surface area contributed by atoms with Gasteiger partial charge in [-0.3, -0.25) is 10.4 Å². The van der Waals surface area contributed by atoms with E-state index < -0.39 is 0 Å². The lowest BCUT2D eigenvalue weighted by Crippen LogP contribution is -2.04. The van der Waals surface area contributed by atoms with Gasteiger partial charge < -0.3 is 0 Å². The van der Waals surface area contributed by atoms with Crippen LogP contribution in [0.1, 0.15) is 47.0 Å². The summed E-state index contributed by atoms with van der Waals surface area (Å²) in [5.74, 6) is 2.57. The van der Waals surface area contributed by atoms with Gasteiger partial charge in [-0.25, -0.2) is 0 Å². The second kappa shape index (κ2) is 10.5. The third-order valence-corrected chi connectivity index (χ3v) is 3.33. The van der Waals surface area contributed by atoms with Crippen LogP contribution in [0.2, 0.25) is 0 Å². The minimum atomic E-state index is 0.761. The van der Waals surface area contributed by atoms with Crippen LogP contribution in [0.25, 0.3) is 0 Å². The molecule has 0 aromatic heterocycles. The Balaban J connectivity index is 0.000000467. The molecule has 1 heterocycles. The van der Waals surface area contributed by atoms with Crippen LogP contribution < -0.4 is 5.43 Å². The van der Waals surface area contributed by atoms with Crippen molar-refractivity contribution in [2.45, 2.75) is 47.0 Å². The predicted octanol–water partition coefficient (Wildman–Crippen LogP) is 4.39.